The Labute approximate surface area is 113 Å². The maximum Gasteiger partial charge on any atom is 0.136 e. The summed E-state index contributed by atoms with van der Waals surface area (Å²) in [6.45, 7) is 6.48. The van der Waals surface area contributed by atoms with E-state index in [0.717, 1.165) is 18.7 Å². The quantitative estimate of drug-likeness (QED) is 0.696. The highest BCUT2D eigenvalue weighted by atomic mass is 32.2. The zero-order chi connectivity index (χ0) is 13.2. The van der Waals surface area contributed by atoms with Crippen molar-refractivity contribution in [3.05, 3.63) is 30.1 Å². The zero-order valence-electron chi connectivity index (χ0n) is 11.1. The molecule has 0 spiro atoms. The lowest BCUT2D eigenvalue weighted by Crippen LogP contribution is -2.36. The zero-order valence-corrected chi connectivity index (χ0v) is 11.9. The van der Waals surface area contributed by atoms with Crippen molar-refractivity contribution in [2.75, 3.05) is 25.5 Å². The molecule has 18 heavy (non-hydrogen) atoms. The summed E-state index contributed by atoms with van der Waals surface area (Å²) in [5.74, 6) is 0.675. The number of benzene rings is 1. The average Bonchev–Trinajstić information content (AvgIpc) is 2.39. The van der Waals surface area contributed by atoms with Gasteiger partial charge >= 0.3 is 0 Å². The standard InChI is InChI=1S/C14H22FNOS/c1-3-9-16-12(10-17-4-2)11-18-14-8-6-5-7-13(14)15/h5-8,12,16H,3-4,9-11H2,1-2H3. The van der Waals surface area contributed by atoms with E-state index < -0.39 is 0 Å². The molecule has 0 bridgehead atoms. The van der Waals surface area contributed by atoms with Crippen LogP contribution in [-0.4, -0.2) is 31.6 Å². The van der Waals surface area contributed by atoms with Crippen LogP contribution in [0.3, 0.4) is 0 Å². The first-order chi connectivity index (χ1) is 8.77. The largest absolute Gasteiger partial charge is 0.380 e. The van der Waals surface area contributed by atoms with Crippen LogP contribution in [0.4, 0.5) is 4.39 Å². The fourth-order valence-corrected chi connectivity index (χ4v) is 2.50. The summed E-state index contributed by atoms with van der Waals surface area (Å²) in [5, 5.41) is 3.43. The molecule has 0 aliphatic carbocycles. The van der Waals surface area contributed by atoms with Crippen LogP contribution in [0, 0.1) is 5.82 Å². The highest BCUT2D eigenvalue weighted by Gasteiger charge is 2.10. The molecule has 1 unspecified atom stereocenters. The van der Waals surface area contributed by atoms with Gasteiger partial charge in [0.25, 0.3) is 0 Å². The van der Waals surface area contributed by atoms with Crippen LogP contribution >= 0.6 is 11.8 Å². The van der Waals surface area contributed by atoms with Crippen LogP contribution in [0.25, 0.3) is 0 Å². The van der Waals surface area contributed by atoms with Crippen molar-refractivity contribution in [3.63, 3.8) is 0 Å². The van der Waals surface area contributed by atoms with Crippen LogP contribution in [0.1, 0.15) is 20.3 Å². The van der Waals surface area contributed by atoms with E-state index in [-0.39, 0.29) is 11.9 Å². The molecule has 0 heterocycles. The second-order valence-electron chi connectivity index (χ2n) is 4.05. The molecule has 102 valence electrons. The van der Waals surface area contributed by atoms with E-state index in [0.29, 0.717) is 18.1 Å². The molecule has 1 atom stereocenters. The van der Waals surface area contributed by atoms with Gasteiger partial charge in [-0.25, -0.2) is 4.39 Å². The first-order valence-electron chi connectivity index (χ1n) is 6.46. The molecule has 1 aromatic rings. The summed E-state index contributed by atoms with van der Waals surface area (Å²) in [4.78, 5) is 0.706. The van der Waals surface area contributed by atoms with E-state index in [9.17, 15) is 4.39 Å². The molecule has 0 saturated carbocycles. The normalized spacial score (nSPS) is 12.6. The molecule has 1 aromatic carbocycles. The maximum absolute atomic E-state index is 13.5. The third-order valence-corrected chi connectivity index (χ3v) is 3.69. The third-order valence-electron chi connectivity index (χ3n) is 2.48. The van der Waals surface area contributed by atoms with E-state index in [2.05, 4.69) is 12.2 Å². The summed E-state index contributed by atoms with van der Waals surface area (Å²) in [6, 6.07) is 7.17. The molecular weight excluding hydrogens is 249 g/mol. The van der Waals surface area contributed by atoms with Crippen LogP contribution in [-0.2, 0) is 4.74 Å². The van der Waals surface area contributed by atoms with E-state index in [1.807, 2.05) is 19.1 Å². The topological polar surface area (TPSA) is 21.3 Å². The van der Waals surface area contributed by atoms with Crippen molar-refractivity contribution in [2.45, 2.75) is 31.2 Å². The van der Waals surface area contributed by atoms with Crippen LogP contribution in [0.15, 0.2) is 29.2 Å². The van der Waals surface area contributed by atoms with Crippen LogP contribution < -0.4 is 5.32 Å². The van der Waals surface area contributed by atoms with Crippen molar-refractivity contribution in [1.29, 1.82) is 0 Å². The Kier molecular flexibility index (Phi) is 8.05. The Morgan fingerprint density at radius 3 is 2.78 bits per heavy atom. The van der Waals surface area contributed by atoms with Gasteiger partial charge in [0.05, 0.1) is 6.61 Å². The summed E-state index contributed by atoms with van der Waals surface area (Å²) in [7, 11) is 0. The van der Waals surface area contributed by atoms with Crippen LogP contribution in [0.2, 0.25) is 0 Å². The molecule has 1 rings (SSSR count). The van der Waals surface area contributed by atoms with Crippen molar-refractivity contribution >= 4 is 11.8 Å². The van der Waals surface area contributed by atoms with Gasteiger partial charge < -0.3 is 10.1 Å². The van der Waals surface area contributed by atoms with Crippen LogP contribution in [0.5, 0.6) is 0 Å². The van der Waals surface area contributed by atoms with Gasteiger partial charge in [-0.3, -0.25) is 0 Å². The number of hydrogen-bond acceptors (Lipinski definition) is 3. The predicted molar refractivity (Wildman–Crippen MR) is 75.7 cm³/mol. The molecule has 2 nitrogen and oxygen atoms in total. The monoisotopic (exact) mass is 271 g/mol. The van der Waals surface area contributed by atoms with E-state index in [1.54, 1.807) is 6.07 Å². The fourth-order valence-electron chi connectivity index (χ4n) is 1.53. The predicted octanol–water partition coefficient (Wildman–Crippen LogP) is 3.32. The molecule has 4 heteroatoms. The van der Waals surface area contributed by atoms with Gasteiger partial charge in [0.1, 0.15) is 5.82 Å². The highest BCUT2D eigenvalue weighted by Crippen LogP contribution is 2.21. The molecule has 0 saturated heterocycles. The lowest BCUT2D eigenvalue weighted by atomic mass is 10.3. The van der Waals surface area contributed by atoms with E-state index >= 15 is 0 Å². The number of thioether (sulfide) groups is 1. The SMILES string of the molecule is CCCNC(COCC)CSc1ccccc1F. The maximum atomic E-state index is 13.5. The summed E-state index contributed by atoms with van der Waals surface area (Å²) >= 11 is 1.54. The van der Waals surface area contributed by atoms with Gasteiger partial charge in [-0.05, 0) is 32.0 Å². The molecule has 1 N–H and O–H groups in total. The van der Waals surface area contributed by atoms with E-state index in [1.165, 1.54) is 17.8 Å². The second kappa shape index (κ2) is 9.36. The van der Waals surface area contributed by atoms with Gasteiger partial charge in [-0.1, -0.05) is 19.1 Å². The molecular formula is C14H22FNOS. The molecule has 0 amide bonds. The Balaban J connectivity index is 2.42. The van der Waals surface area contributed by atoms with Crippen molar-refractivity contribution in [3.8, 4) is 0 Å². The lowest BCUT2D eigenvalue weighted by Gasteiger charge is -2.18. The minimum atomic E-state index is -0.145. The summed E-state index contributed by atoms with van der Waals surface area (Å²) in [5.41, 5.74) is 0. The Morgan fingerprint density at radius 1 is 1.33 bits per heavy atom. The molecule has 0 aliphatic rings. The number of rotatable bonds is 9. The average molecular weight is 271 g/mol. The lowest BCUT2D eigenvalue weighted by molar-refractivity contribution is 0.128. The number of halogens is 1. The van der Waals surface area contributed by atoms with Crippen molar-refractivity contribution in [1.82, 2.24) is 5.32 Å². The van der Waals surface area contributed by atoms with Crippen molar-refractivity contribution in [2.24, 2.45) is 0 Å². The third kappa shape index (κ3) is 5.85. The number of ether oxygens (including phenoxy) is 1. The minimum Gasteiger partial charge on any atom is -0.380 e. The number of nitrogens with one attached hydrogen (secondary N) is 1. The highest BCUT2D eigenvalue weighted by molar-refractivity contribution is 7.99. The van der Waals surface area contributed by atoms with Gasteiger partial charge in [0, 0.05) is 23.3 Å². The number of hydrogen-bond donors (Lipinski definition) is 1. The summed E-state index contributed by atoms with van der Waals surface area (Å²) in [6.07, 6.45) is 1.09. The summed E-state index contributed by atoms with van der Waals surface area (Å²) < 4.78 is 18.9. The minimum absolute atomic E-state index is 0.145. The molecule has 0 aromatic heterocycles. The Morgan fingerprint density at radius 2 is 2.11 bits per heavy atom. The van der Waals surface area contributed by atoms with Gasteiger partial charge in [0.15, 0.2) is 0 Å². The molecule has 0 fully saturated rings. The fraction of sp³-hybridized carbons (Fsp3) is 0.571. The second-order valence-corrected chi connectivity index (χ2v) is 5.11. The van der Waals surface area contributed by atoms with Crippen molar-refractivity contribution < 1.29 is 9.13 Å². The van der Waals surface area contributed by atoms with Gasteiger partial charge in [0.2, 0.25) is 0 Å². The van der Waals surface area contributed by atoms with Gasteiger partial charge in [-0.2, -0.15) is 0 Å². The first kappa shape index (κ1) is 15.5. The molecule has 0 aliphatic heterocycles. The van der Waals surface area contributed by atoms with E-state index in [4.69, 9.17) is 4.74 Å². The Hall–Kier alpha value is -0.580. The molecule has 0 radical (unpaired) electrons. The van der Waals surface area contributed by atoms with Gasteiger partial charge in [-0.15, -0.1) is 11.8 Å². The smallest absolute Gasteiger partial charge is 0.136 e. The first-order valence-corrected chi connectivity index (χ1v) is 7.45. The Bertz CT molecular complexity index is 327.